The number of aliphatic hydroxyl groups is 1. The van der Waals surface area contributed by atoms with Crippen molar-refractivity contribution < 1.29 is 9.90 Å². The number of anilines is 1. The highest BCUT2D eigenvalue weighted by atomic mass is 16.3. The lowest BCUT2D eigenvalue weighted by Gasteiger charge is -2.39. The second-order valence-electron chi connectivity index (χ2n) is 6.60. The molecule has 1 aromatic carbocycles. The third-order valence-electron chi connectivity index (χ3n) is 4.35. The number of carbonyl (C=O) groups excluding carboxylic acids is 1. The van der Waals surface area contributed by atoms with E-state index < -0.39 is 0 Å². The molecule has 2 rings (SSSR count). The fourth-order valence-corrected chi connectivity index (χ4v) is 3.09. The molecule has 1 heterocycles. The van der Waals surface area contributed by atoms with Crippen molar-refractivity contribution in [1.82, 2.24) is 4.90 Å². The quantitative estimate of drug-likeness (QED) is 0.895. The van der Waals surface area contributed by atoms with Crippen LogP contribution in [0.5, 0.6) is 0 Å². The van der Waals surface area contributed by atoms with E-state index in [9.17, 15) is 9.90 Å². The number of hydrogen-bond acceptors (Lipinski definition) is 3. The maximum Gasteiger partial charge on any atom is 0.238 e. The minimum Gasteiger partial charge on any atom is -0.396 e. The number of hydrogen-bond donors (Lipinski definition) is 2. The second-order valence-corrected chi connectivity index (χ2v) is 6.60. The number of aryl methyl sites for hydroxylation is 2. The van der Waals surface area contributed by atoms with Crippen LogP contribution in [0, 0.1) is 19.3 Å². The first kappa shape index (κ1) is 16.0. The Balaban J connectivity index is 1.96. The lowest BCUT2D eigenvalue weighted by Crippen LogP contribution is -2.46. The first-order chi connectivity index (χ1) is 9.93. The van der Waals surface area contributed by atoms with Gasteiger partial charge in [-0.2, -0.15) is 0 Å². The van der Waals surface area contributed by atoms with Crippen molar-refractivity contribution in [3.63, 3.8) is 0 Å². The SMILES string of the molecule is Cc1cccc(C)c1NC(=O)CN1CCCC(C)(CO)C1. The predicted molar refractivity (Wildman–Crippen MR) is 85.4 cm³/mol. The molecule has 4 nitrogen and oxygen atoms in total. The Bertz CT molecular complexity index is 495. The van der Waals surface area contributed by atoms with Crippen LogP contribution in [0.3, 0.4) is 0 Å². The number of nitrogens with one attached hydrogen (secondary N) is 1. The number of aliphatic hydroxyl groups excluding tert-OH is 1. The van der Waals surface area contributed by atoms with Crippen molar-refractivity contribution in [1.29, 1.82) is 0 Å². The fraction of sp³-hybridized carbons (Fsp3) is 0.588. The van der Waals surface area contributed by atoms with E-state index >= 15 is 0 Å². The number of likely N-dealkylation sites (tertiary alicyclic amines) is 1. The molecule has 1 atom stereocenters. The molecule has 1 aliphatic heterocycles. The van der Waals surface area contributed by atoms with Gasteiger partial charge in [-0.3, -0.25) is 9.69 Å². The van der Waals surface area contributed by atoms with Gasteiger partial charge in [0.05, 0.1) is 6.54 Å². The van der Waals surface area contributed by atoms with Crippen molar-refractivity contribution in [3.05, 3.63) is 29.3 Å². The summed E-state index contributed by atoms with van der Waals surface area (Å²) in [6, 6.07) is 6.01. The van der Waals surface area contributed by atoms with Gasteiger partial charge in [0.1, 0.15) is 0 Å². The van der Waals surface area contributed by atoms with E-state index in [2.05, 4.69) is 17.1 Å². The molecule has 1 unspecified atom stereocenters. The Morgan fingerprint density at radius 3 is 2.67 bits per heavy atom. The van der Waals surface area contributed by atoms with Crippen LogP contribution in [-0.4, -0.2) is 42.2 Å². The summed E-state index contributed by atoms with van der Waals surface area (Å²) >= 11 is 0. The third-order valence-corrected chi connectivity index (χ3v) is 4.35. The summed E-state index contributed by atoms with van der Waals surface area (Å²) in [4.78, 5) is 14.4. The summed E-state index contributed by atoms with van der Waals surface area (Å²) in [5.74, 6) is 0.0228. The normalized spacial score (nSPS) is 23.0. The monoisotopic (exact) mass is 290 g/mol. The molecule has 1 fully saturated rings. The van der Waals surface area contributed by atoms with Crippen molar-refractivity contribution in [2.45, 2.75) is 33.6 Å². The van der Waals surface area contributed by atoms with Crippen molar-refractivity contribution in [3.8, 4) is 0 Å². The molecule has 0 aromatic heterocycles. The topological polar surface area (TPSA) is 52.6 Å². The summed E-state index contributed by atoms with van der Waals surface area (Å²) in [7, 11) is 0. The number of para-hydroxylation sites is 1. The number of carbonyl (C=O) groups is 1. The van der Waals surface area contributed by atoms with Gasteiger partial charge in [-0.1, -0.05) is 25.1 Å². The molecule has 1 aromatic rings. The molecule has 1 aliphatic rings. The Hall–Kier alpha value is -1.39. The highest BCUT2D eigenvalue weighted by Gasteiger charge is 2.31. The van der Waals surface area contributed by atoms with Gasteiger partial charge in [0, 0.05) is 24.3 Å². The maximum absolute atomic E-state index is 12.3. The van der Waals surface area contributed by atoms with Gasteiger partial charge < -0.3 is 10.4 Å². The van der Waals surface area contributed by atoms with Crippen LogP contribution < -0.4 is 5.32 Å². The number of piperidine rings is 1. The smallest absolute Gasteiger partial charge is 0.238 e. The number of benzene rings is 1. The van der Waals surface area contributed by atoms with E-state index in [1.807, 2.05) is 32.0 Å². The lowest BCUT2D eigenvalue weighted by atomic mass is 9.83. The molecule has 0 radical (unpaired) electrons. The first-order valence-corrected chi connectivity index (χ1v) is 7.63. The molecule has 0 bridgehead atoms. The van der Waals surface area contributed by atoms with E-state index in [0.29, 0.717) is 6.54 Å². The van der Waals surface area contributed by atoms with Gasteiger partial charge in [0.2, 0.25) is 5.91 Å². The van der Waals surface area contributed by atoms with Crippen LogP contribution in [0.1, 0.15) is 30.9 Å². The average molecular weight is 290 g/mol. The summed E-state index contributed by atoms with van der Waals surface area (Å²) < 4.78 is 0. The summed E-state index contributed by atoms with van der Waals surface area (Å²) in [5.41, 5.74) is 3.02. The van der Waals surface area contributed by atoms with Crippen LogP contribution >= 0.6 is 0 Å². The molecule has 0 spiro atoms. The second kappa shape index (κ2) is 6.58. The molecule has 116 valence electrons. The largest absolute Gasteiger partial charge is 0.396 e. The van der Waals surface area contributed by atoms with Crippen LogP contribution in [0.15, 0.2) is 18.2 Å². The Morgan fingerprint density at radius 1 is 1.38 bits per heavy atom. The van der Waals surface area contributed by atoms with E-state index in [0.717, 1.165) is 42.7 Å². The molecule has 1 amide bonds. The minimum absolute atomic E-state index is 0.0228. The zero-order valence-electron chi connectivity index (χ0n) is 13.3. The molecule has 4 heteroatoms. The number of amides is 1. The van der Waals surface area contributed by atoms with E-state index in [4.69, 9.17) is 0 Å². The predicted octanol–water partition coefficient (Wildman–Crippen LogP) is 2.34. The molecule has 1 saturated heterocycles. The van der Waals surface area contributed by atoms with Gasteiger partial charge in [-0.25, -0.2) is 0 Å². The van der Waals surface area contributed by atoms with Gasteiger partial charge in [0.25, 0.3) is 0 Å². The van der Waals surface area contributed by atoms with Crippen molar-refractivity contribution >= 4 is 11.6 Å². The summed E-state index contributed by atoms with van der Waals surface area (Å²) in [5, 5.41) is 12.5. The summed E-state index contributed by atoms with van der Waals surface area (Å²) in [6.45, 7) is 8.38. The van der Waals surface area contributed by atoms with E-state index in [-0.39, 0.29) is 17.9 Å². The molecular weight excluding hydrogens is 264 g/mol. The van der Waals surface area contributed by atoms with Crippen LogP contribution in [0.25, 0.3) is 0 Å². The first-order valence-electron chi connectivity index (χ1n) is 7.63. The van der Waals surface area contributed by atoms with Crippen molar-refractivity contribution in [2.24, 2.45) is 5.41 Å². The van der Waals surface area contributed by atoms with Crippen molar-refractivity contribution in [2.75, 3.05) is 31.6 Å². The standard InChI is InChI=1S/C17H26N2O2/c1-13-6-4-7-14(2)16(13)18-15(21)10-19-9-5-8-17(3,11-19)12-20/h4,6-7,20H,5,8-12H2,1-3H3,(H,18,21). The fourth-order valence-electron chi connectivity index (χ4n) is 3.09. The molecular formula is C17H26N2O2. The van der Waals surface area contributed by atoms with Gasteiger partial charge >= 0.3 is 0 Å². The van der Waals surface area contributed by atoms with E-state index in [1.165, 1.54) is 0 Å². The maximum atomic E-state index is 12.3. The van der Waals surface area contributed by atoms with Gasteiger partial charge in [-0.05, 0) is 44.4 Å². The average Bonchev–Trinajstić information content (AvgIpc) is 2.43. The zero-order chi connectivity index (χ0) is 15.5. The van der Waals surface area contributed by atoms with E-state index in [1.54, 1.807) is 0 Å². The Morgan fingerprint density at radius 2 is 2.05 bits per heavy atom. The Kier molecular flexibility index (Phi) is 5.01. The van der Waals surface area contributed by atoms with Crippen LogP contribution in [0.4, 0.5) is 5.69 Å². The van der Waals surface area contributed by atoms with Crippen LogP contribution in [0.2, 0.25) is 0 Å². The molecule has 21 heavy (non-hydrogen) atoms. The number of rotatable bonds is 4. The molecule has 2 N–H and O–H groups in total. The molecule has 0 aliphatic carbocycles. The lowest BCUT2D eigenvalue weighted by molar-refractivity contribution is -0.118. The third kappa shape index (κ3) is 4.05. The summed E-state index contributed by atoms with van der Waals surface area (Å²) in [6.07, 6.45) is 2.06. The van der Waals surface area contributed by atoms with Crippen LogP contribution in [-0.2, 0) is 4.79 Å². The minimum atomic E-state index is -0.0723. The van der Waals surface area contributed by atoms with Gasteiger partial charge in [-0.15, -0.1) is 0 Å². The highest BCUT2D eigenvalue weighted by molar-refractivity contribution is 5.93. The zero-order valence-corrected chi connectivity index (χ0v) is 13.3. The highest BCUT2D eigenvalue weighted by Crippen LogP contribution is 2.28. The Labute approximate surface area is 127 Å². The number of nitrogens with zero attached hydrogens (tertiary/aromatic N) is 1. The van der Waals surface area contributed by atoms with Gasteiger partial charge in [0.15, 0.2) is 0 Å². The molecule has 0 saturated carbocycles.